The molecule has 0 spiro atoms. The highest BCUT2D eigenvalue weighted by Gasteiger charge is 2.24. The first-order valence-corrected chi connectivity index (χ1v) is 25.6. The molecule has 0 saturated carbocycles. The molecule has 16 aromatic rings. The minimum Gasteiger partial charge on any atom is -0.309 e. The van der Waals surface area contributed by atoms with E-state index in [4.69, 9.17) is 0 Å². The summed E-state index contributed by atoms with van der Waals surface area (Å²) >= 11 is 0. The third-order valence-corrected chi connectivity index (χ3v) is 15.8. The number of para-hydroxylation sites is 7. The number of nitrogens with zero attached hydrogens (tertiary/aromatic N) is 4. The Balaban J connectivity index is 0.000000134. The van der Waals surface area contributed by atoms with E-state index < -0.39 is 0 Å². The van der Waals surface area contributed by atoms with Gasteiger partial charge in [0.2, 0.25) is 0 Å². The van der Waals surface area contributed by atoms with E-state index in [2.05, 4.69) is 136 Å². The van der Waals surface area contributed by atoms with Crippen LogP contribution in [-0.2, 0) is 5.41 Å². The van der Waals surface area contributed by atoms with E-state index in [1.165, 1.54) is 21.5 Å². The number of fused-ring (bicyclic) bond motifs is 14. The summed E-state index contributed by atoms with van der Waals surface area (Å²) in [7, 11) is 0. The maximum Gasteiger partial charge on any atom is 0.197 e. The SMILES string of the molecule is CC(C)(C)c1cc2c(=O)c3ccccc3n3c4ccc(-n5c6ccccc6c6ccccc65)cc4c(=O)c(c1)c23.O=c1c2ccccc2n2c3ccc(-n4c5ccccc5c5ccccc54)cc3c(=O)c3cccc1c32. The van der Waals surface area contributed by atoms with Crippen LogP contribution in [-0.4, -0.2) is 17.9 Å². The zero-order valence-electron chi connectivity index (χ0n) is 41.6. The average molecular weight is 981 g/mol. The van der Waals surface area contributed by atoms with Gasteiger partial charge in [0, 0.05) is 76.0 Å². The summed E-state index contributed by atoms with van der Waals surface area (Å²) in [6.45, 7) is 6.34. The summed E-state index contributed by atoms with van der Waals surface area (Å²) in [4.78, 5) is 55.3. The molecular weight excluding hydrogens is 937 g/mol. The van der Waals surface area contributed by atoms with Gasteiger partial charge in [-0.05, 0) is 120 Å². The zero-order chi connectivity index (χ0) is 51.3. The second kappa shape index (κ2) is 15.8. The van der Waals surface area contributed by atoms with Gasteiger partial charge in [-0.2, -0.15) is 0 Å². The van der Waals surface area contributed by atoms with Gasteiger partial charge in [-0.25, -0.2) is 0 Å². The molecule has 0 bridgehead atoms. The molecule has 6 aromatic heterocycles. The first kappa shape index (κ1) is 43.6. The van der Waals surface area contributed by atoms with E-state index in [-0.39, 0.29) is 27.1 Å². The second-order valence-electron chi connectivity index (χ2n) is 21.0. The van der Waals surface area contributed by atoms with Crippen molar-refractivity contribution in [2.45, 2.75) is 26.2 Å². The Labute approximate surface area is 432 Å². The molecule has 0 aliphatic heterocycles. The zero-order valence-corrected chi connectivity index (χ0v) is 41.6. The predicted octanol–water partition coefficient (Wildman–Crippen LogP) is 14.6. The van der Waals surface area contributed by atoms with E-state index in [9.17, 15) is 19.2 Å². The van der Waals surface area contributed by atoms with E-state index in [0.29, 0.717) is 54.1 Å². The van der Waals surface area contributed by atoms with Crippen LogP contribution in [0.25, 0.3) is 131 Å². The Morgan fingerprint density at radius 1 is 0.263 bits per heavy atom. The second-order valence-corrected chi connectivity index (χ2v) is 21.0. The molecule has 0 saturated heterocycles. The highest BCUT2D eigenvalue weighted by Crippen LogP contribution is 2.37. The van der Waals surface area contributed by atoms with Crippen molar-refractivity contribution in [3.05, 3.63) is 259 Å². The molecule has 8 heteroatoms. The van der Waals surface area contributed by atoms with Crippen LogP contribution < -0.4 is 21.7 Å². The Kier molecular flexibility index (Phi) is 9.07. The lowest BCUT2D eigenvalue weighted by Gasteiger charge is -2.22. The first-order chi connectivity index (χ1) is 37.0. The summed E-state index contributed by atoms with van der Waals surface area (Å²) in [5, 5.41) is 9.56. The van der Waals surface area contributed by atoms with Crippen molar-refractivity contribution in [1.82, 2.24) is 17.9 Å². The molecule has 76 heavy (non-hydrogen) atoms. The van der Waals surface area contributed by atoms with Crippen LogP contribution in [0.15, 0.2) is 232 Å². The number of pyridine rings is 4. The maximum atomic E-state index is 14.3. The van der Waals surface area contributed by atoms with E-state index >= 15 is 0 Å². The van der Waals surface area contributed by atoms with Crippen LogP contribution in [0.3, 0.4) is 0 Å². The molecule has 0 unspecified atom stereocenters. The number of aromatic nitrogens is 4. The average Bonchev–Trinajstić information content (AvgIpc) is 3.99. The molecule has 0 fully saturated rings. The van der Waals surface area contributed by atoms with Crippen molar-refractivity contribution in [2.24, 2.45) is 0 Å². The van der Waals surface area contributed by atoms with Gasteiger partial charge in [0.05, 0.1) is 55.2 Å². The molecule has 360 valence electrons. The topological polar surface area (TPSA) is 87.0 Å². The molecule has 8 nitrogen and oxygen atoms in total. The van der Waals surface area contributed by atoms with Gasteiger partial charge in [-0.15, -0.1) is 0 Å². The normalized spacial score (nSPS) is 12.4. The molecular formula is C68H44N4O4. The van der Waals surface area contributed by atoms with Gasteiger partial charge in [0.1, 0.15) is 0 Å². The highest BCUT2D eigenvalue weighted by molar-refractivity contribution is 6.13. The Hall–Kier alpha value is -9.92. The monoisotopic (exact) mass is 980 g/mol. The van der Waals surface area contributed by atoms with Crippen LogP contribution in [0.1, 0.15) is 26.3 Å². The summed E-state index contributed by atoms with van der Waals surface area (Å²) in [5.41, 5.74) is 11.4. The third-order valence-electron chi connectivity index (χ3n) is 15.8. The summed E-state index contributed by atoms with van der Waals surface area (Å²) in [6.07, 6.45) is 0. The Bertz CT molecular complexity index is 5340. The number of benzene rings is 10. The van der Waals surface area contributed by atoms with E-state index in [0.717, 1.165) is 61.1 Å². The van der Waals surface area contributed by atoms with Crippen molar-refractivity contribution < 1.29 is 0 Å². The quantitative estimate of drug-likeness (QED) is 0.128. The fourth-order valence-electron chi connectivity index (χ4n) is 12.3. The van der Waals surface area contributed by atoms with Gasteiger partial charge in [-0.3, -0.25) is 19.2 Å². The molecule has 0 radical (unpaired) electrons. The van der Waals surface area contributed by atoms with Gasteiger partial charge in [0.25, 0.3) is 0 Å². The van der Waals surface area contributed by atoms with Crippen molar-refractivity contribution in [3.63, 3.8) is 0 Å². The predicted molar refractivity (Wildman–Crippen MR) is 315 cm³/mol. The number of rotatable bonds is 2. The summed E-state index contributed by atoms with van der Waals surface area (Å²) in [6, 6.07) is 70.4. The van der Waals surface area contributed by atoms with Crippen LogP contribution in [0.4, 0.5) is 0 Å². The van der Waals surface area contributed by atoms with Crippen LogP contribution in [0.2, 0.25) is 0 Å². The van der Waals surface area contributed by atoms with Gasteiger partial charge >= 0.3 is 0 Å². The van der Waals surface area contributed by atoms with Gasteiger partial charge < -0.3 is 17.9 Å². The standard InChI is InChI=1S/C36H26N2O2.C32H18N2O2/c1-36(2,3)21-18-27-33-28(19-21)35(40)26-20-22(16-17-32(26)38(33)31-15-9-6-12-25(31)34(27)39)37-29-13-7-4-10-23(29)24-11-5-8-14-30(24)37;35-31-22-10-3-6-15-28(22)34-29-17-16-19(18-25(29)32(36)24-12-7-11-23(31)30(24)34)33-26-13-4-1-8-20(26)21-9-2-5-14-27(21)33/h4-20H,1-3H3;1-18H. The third kappa shape index (κ3) is 6.00. The van der Waals surface area contributed by atoms with Crippen LogP contribution in [0, 0.1) is 0 Å². The summed E-state index contributed by atoms with van der Waals surface area (Å²) in [5.74, 6) is 0. The van der Waals surface area contributed by atoms with Crippen molar-refractivity contribution in [1.29, 1.82) is 0 Å². The smallest absolute Gasteiger partial charge is 0.197 e. The number of hydrogen-bond acceptors (Lipinski definition) is 4. The minimum atomic E-state index is -0.223. The van der Waals surface area contributed by atoms with Crippen molar-refractivity contribution in [3.8, 4) is 11.4 Å². The molecule has 0 amide bonds. The lowest BCUT2D eigenvalue weighted by Crippen LogP contribution is -2.18. The Morgan fingerprint density at radius 3 is 0.947 bits per heavy atom. The molecule has 0 atom stereocenters. The van der Waals surface area contributed by atoms with Crippen molar-refractivity contribution in [2.75, 3.05) is 0 Å². The molecule has 6 heterocycles. The highest BCUT2D eigenvalue weighted by atomic mass is 16.1. The van der Waals surface area contributed by atoms with Crippen LogP contribution in [0.5, 0.6) is 0 Å². The molecule has 10 aromatic carbocycles. The minimum absolute atomic E-state index is 0.0349. The molecule has 16 rings (SSSR count). The van der Waals surface area contributed by atoms with Crippen molar-refractivity contribution >= 4 is 120 Å². The largest absolute Gasteiger partial charge is 0.309 e. The van der Waals surface area contributed by atoms with Gasteiger partial charge in [0.15, 0.2) is 21.7 Å². The molecule has 0 aliphatic rings. The van der Waals surface area contributed by atoms with Crippen LogP contribution >= 0.6 is 0 Å². The number of hydrogen-bond donors (Lipinski definition) is 0. The first-order valence-electron chi connectivity index (χ1n) is 25.6. The fraction of sp³-hybridized carbons (Fsp3) is 0.0588. The lowest BCUT2D eigenvalue weighted by molar-refractivity contribution is 0.591. The Morgan fingerprint density at radius 2 is 0.553 bits per heavy atom. The fourth-order valence-corrected chi connectivity index (χ4v) is 12.3. The van der Waals surface area contributed by atoms with Gasteiger partial charge in [-0.1, -0.05) is 124 Å². The molecule has 0 N–H and O–H groups in total. The van der Waals surface area contributed by atoms with E-state index in [1.807, 2.05) is 109 Å². The maximum absolute atomic E-state index is 14.3. The van der Waals surface area contributed by atoms with E-state index in [1.54, 1.807) is 6.07 Å². The lowest BCUT2D eigenvalue weighted by atomic mass is 9.85. The molecule has 0 aliphatic carbocycles. The summed E-state index contributed by atoms with van der Waals surface area (Å²) < 4.78 is 8.64.